The molecule has 2 aromatic rings. The Morgan fingerprint density at radius 1 is 1.15 bits per heavy atom. The molecule has 0 aliphatic carbocycles. The van der Waals surface area contributed by atoms with Crippen LogP contribution in [0.2, 0.25) is 0 Å². The standard InChI is InChI=1S/C14H20N4O2/c1-2-3-8-19-9-10-20-13-11-6-4-5-7-12(11)16-14(17-13)18-15/h4-7H,2-3,8-10,15H2,1H3,(H,16,17,18). The number of fused-ring (bicyclic) bond motifs is 1. The first-order valence-electron chi connectivity index (χ1n) is 6.79. The number of hydrogen-bond acceptors (Lipinski definition) is 6. The molecule has 1 aromatic heterocycles. The first-order chi connectivity index (χ1) is 9.85. The summed E-state index contributed by atoms with van der Waals surface area (Å²) < 4.78 is 11.1. The van der Waals surface area contributed by atoms with Gasteiger partial charge >= 0.3 is 0 Å². The molecule has 0 fully saturated rings. The Hall–Kier alpha value is -1.92. The number of rotatable bonds is 8. The number of para-hydroxylation sites is 1. The molecule has 0 bridgehead atoms. The SMILES string of the molecule is CCCCOCCOc1nc(NN)nc2ccccc12. The molecule has 0 atom stereocenters. The van der Waals surface area contributed by atoms with Crippen molar-refractivity contribution in [2.24, 2.45) is 5.84 Å². The van der Waals surface area contributed by atoms with Crippen LogP contribution in [0.15, 0.2) is 24.3 Å². The lowest BCUT2D eigenvalue weighted by atomic mass is 10.2. The molecule has 0 saturated heterocycles. The van der Waals surface area contributed by atoms with E-state index in [0.717, 1.165) is 30.4 Å². The number of hydrogen-bond donors (Lipinski definition) is 2. The first-order valence-corrected chi connectivity index (χ1v) is 6.79. The van der Waals surface area contributed by atoms with E-state index in [1.165, 1.54) is 0 Å². The number of aromatic nitrogens is 2. The number of nitrogens with two attached hydrogens (primary N) is 1. The van der Waals surface area contributed by atoms with Gasteiger partial charge in [-0.05, 0) is 18.6 Å². The third kappa shape index (κ3) is 3.79. The Morgan fingerprint density at radius 2 is 2.00 bits per heavy atom. The minimum absolute atomic E-state index is 0.339. The molecule has 0 aliphatic rings. The predicted octanol–water partition coefficient (Wildman–Crippen LogP) is 2.11. The molecule has 0 spiro atoms. The van der Waals surface area contributed by atoms with Gasteiger partial charge < -0.3 is 9.47 Å². The van der Waals surface area contributed by atoms with Crippen LogP contribution in [0, 0.1) is 0 Å². The van der Waals surface area contributed by atoms with E-state index in [-0.39, 0.29) is 0 Å². The van der Waals surface area contributed by atoms with Crippen LogP contribution in [0.5, 0.6) is 5.88 Å². The van der Waals surface area contributed by atoms with Crippen molar-refractivity contribution in [1.29, 1.82) is 0 Å². The summed E-state index contributed by atoms with van der Waals surface area (Å²) in [7, 11) is 0. The monoisotopic (exact) mass is 276 g/mol. The second-order valence-corrected chi connectivity index (χ2v) is 4.33. The summed E-state index contributed by atoms with van der Waals surface area (Å²) >= 11 is 0. The van der Waals surface area contributed by atoms with Crippen molar-refractivity contribution < 1.29 is 9.47 Å². The summed E-state index contributed by atoms with van der Waals surface area (Å²) in [5.41, 5.74) is 3.23. The molecule has 6 nitrogen and oxygen atoms in total. The van der Waals surface area contributed by atoms with Gasteiger partial charge in [0.15, 0.2) is 0 Å². The third-order valence-electron chi connectivity index (χ3n) is 2.81. The highest BCUT2D eigenvalue weighted by Gasteiger charge is 2.07. The smallest absolute Gasteiger partial charge is 0.241 e. The third-order valence-corrected chi connectivity index (χ3v) is 2.81. The van der Waals surface area contributed by atoms with Crippen molar-refractivity contribution >= 4 is 16.9 Å². The van der Waals surface area contributed by atoms with Gasteiger partial charge in [0.25, 0.3) is 0 Å². The highest BCUT2D eigenvalue weighted by molar-refractivity contribution is 5.84. The summed E-state index contributed by atoms with van der Waals surface area (Å²) in [5, 5.41) is 0.861. The molecule has 108 valence electrons. The summed E-state index contributed by atoms with van der Waals surface area (Å²) in [5.74, 6) is 6.22. The Labute approximate surface area is 118 Å². The van der Waals surface area contributed by atoms with Crippen molar-refractivity contribution in [3.8, 4) is 5.88 Å². The molecule has 6 heteroatoms. The molecule has 0 radical (unpaired) electrons. The Bertz CT molecular complexity index is 548. The van der Waals surface area contributed by atoms with Crippen LogP contribution in [0.25, 0.3) is 10.9 Å². The zero-order chi connectivity index (χ0) is 14.2. The van der Waals surface area contributed by atoms with Crippen molar-refractivity contribution in [2.45, 2.75) is 19.8 Å². The Kier molecular flexibility index (Phi) is 5.52. The Morgan fingerprint density at radius 3 is 2.80 bits per heavy atom. The van der Waals surface area contributed by atoms with Gasteiger partial charge in [-0.15, -0.1) is 0 Å². The zero-order valence-electron chi connectivity index (χ0n) is 11.6. The molecule has 0 saturated carbocycles. The van der Waals surface area contributed by atoms with Crippen molar-refractivity contribution in [3.05, 3.63) is 24.3 Å². The normalized spacial score (nSPS) is 10.7. The fraction of sp³-hybridized carbons (Fsp3) is 0.429. The van der Waals surface area contributed by atoms with Crippen LogP contribution in [-0.4, -0.2) is 29.8 Å². The van der Waals surface area contributed by atoms with E-state index in [1.54, 1.807) is 0 Å². The van der Waals surface area contributed by atoms with E-state index < -0.39 is 0 Å². The molecule has 2 rings (SSSR count). The predicted molar refractivity (Wildman–Crippen MR) is 78.6 cm³/mol. The Balaban J connectivity index is 2.01. The van der Waals surface area contributed by atoms with Gasteiger partial charge in [-0.1, -0.05) is 25.5 Å². The first kappa shape index (κ1) is 14.5. The molecular formula is C14H20N4O2. The number of unbranched alkanes of at least 4 members (excludes halogenated alkanes) is 1. The van der Waals surface area contributed by atoms with Crippen molar-refractivity contribution in [3.63, 3.8) is 0 Å². The lowest BCUT2D eigenvalue weighted by Crippen LogP contribution is -2.13. The topological polar surface area (TPSA) is 82.3 Å². The minimum Gasteiger partial charge on any atom is -0.475 e. The van der Waals surface area contributed by atoms with Crippen molar-refractivity contribution in [1.82, 2.24) is 9.97 Å². The van der Waals surface area contributed by atoms with Crippen LogP contribution in [0.4, 0.5) is 5.95 Å². The molecule has 0 aliphatic heterocycles. The van der Waals surface area contributed by atoms with E-state index in [4.69, 9.17) is 15.3 Å². The van der Waals surface area contributed by atoms with Gasteiger partial charge in [-0.25, -0.2) is 10.8 Å². The van der Waals surface area contributed by atoms with Gasteiger partial charge in [-0.2, -0.15) is 4.98 Å². The minimum atomic E-state index is 0.339. The molecular weight excluding hydrogens is 256 g/mol. The number of hydrazine groups is 1. The summed E-state index contributed by atoms with van der Waals surface area (Å²) in [6, 6.07) is 7.64. The highest BCUT2D eigenvalue weighted by Crippen LogP contribution is 2.23. The van der Waals surface area contributed by atoms with E-state index in [2.05, 4.69) is 22.3 Å². The highest BCUT2D eigenvalue weighted by atomic mass is 16.5. The maximum absolute atomic E-state index is 5.67. The van der Waals surface area contributed by atoms with Crippen LogP contribution < -0.4 is 16.0 Å². The van der Waals surface area contributed by atoms with Gasteiger partial charge in [0.05, 0.1) is 17.5 Å². The van der Waals surface area contributed by atoms with Gasteiger partial charge in [0.2, 0.25) is 11.8 Å². The van der Waals surface area contributed by atoms with Crippen LogP contribution in [0.1, 0.15) is 19.8 Å². The van der Waals surface area contributed by atoms with E-state index >= 15 is 0 Å². The summed E-state index contributed by atoms with van der Waals surface area (Å²) in [4.78, 5) is 8.49. The fourth-order valence-electron chi connectivity index (χ4n) is 1.77. The zero-order valence-corrected chi connectivity index (χ0v) is 11.6. The molecule has 0 amide bonds. The average molecular weight is 276 g/mol. The lowest BCUT2D eigenvalue weighted by molar-refractivity contribution is 0.0971. The number of ether oxygens (including phenoxy) is 2. The maximum atomic E-state index is 5.67. The second kappa shape index (κ2) is 7.62. The second-order valence-electron chi connectivity index (χ2n) is 4.33. The summed E-state index contributed by atoms with van der Waals surface area (Å²) in [6.07, 6.45) is 2.20. The lowest BCUT2D eigenvalue weighted by Gasteiger charge is -2.10. The number of nitrogen functional groups attached to an aromatic ring is 1. The van der Waals surface area contributed by atoms with Gasteiger partial charge in [0, 0.05) is 6.61 Å². The largest absolute Gasteiger partial charge is 0.475 e. The summed E-state index contributed by atoms with van der Waals surface area (Å²) in [6.45, 7) is 3.90. The van der Waals surface area contributed by atoms with Crippen molar-refractivity contribution in [2.75, 3.05) is 25.2 Å². The molecule has 1 aromatic carbocycles. The molecule has 0 unspecified atom stereocenters. The number of nitrogens with zero attached hydrogens (tertiary/aromatic N) is 2. The van der Waals surface area contributed by atoms with Crippen LogP contribution >= 0.6 is 0 Å². The quantitative estimate of drug-likeness (QED) is 0.436. The van der Waals surface area contributed by atoms with Gasteiger partial charge in [0.1, 0.15) is 6.61 Å². The van der Waals surface area contributed by atoms with Crippen LogP contribution in [-0.2, 0) is 4.74 Å². The number of nitrogens with one attached hydrogen (secondary N) is 1. The fourth-order valence-corrected chi connectivity index (χ4v) is 1.77. The van der Waals surface area contributed by atoms with Gasteiger partial charge in [-0.3, -0.25) is 5.43 Å². The molecule has 1 heterocycles. The van der Waals surface area contributed by atoms with Crippen LogP contribution in [0.3, 0.4) is 0 Å². The van der Waals surface area contributed by atoms with E-state index in [9.17, 15) is 0 Å². The van der Waals surface area contributed by atoms with E-state index in [1.807, 2.05) is 24.3 Å². The van der Waals surface area contributed by atoms with E-state index in [0.29, 0.717) is 25.0 Å². The number of benzene rings is 1. The maximum Gasteiger partial charge on any atom is 0.241 e. The number of anilines is 1. The molecule has 3 N–H and O–H groups in total. The average Bonchev–Trinajstić information content (AvgIpc) is 2.50. The molecule has 20 heavy (non-hydrogen) atoms.